The van der Waals surface area contributed by atoms with Crippen LogP contribution < -0.4 is 10.5 Å². The van der Waals surface area contributed by atoms with Crippen LogP contribution in [0.1, 0.15) is 31.7 Å². The van der Waals surface area contributed by atoms with Crippen LogP contribution >= 0.6 is 0 Å². The molecule has 0 bridgehead atoms. The molecule has 2 nitrogen and oxygen atoms in total. The van der Waals surface area contributed by atoms with Gasteiger partial charge in [0, 0.05) is 11.6 Å². The zero-order valence-corrected chi connectivity index (χ0v) is 9.46. The lowest BCUT2D eigenvalue weighted by Gasteiger charge is -2.17. The molecule has 2 atom stereocenters. The van der Waals surface area contributed by atoms with E-state index in [4.69, 9.17) is 10.5 Å². The second kappa shape index (κ2) is 5.12. The molecule has 0 saturated carbocycles. The van der Waals surface area contributed by atoms with Crippen LogP contribution in [0.15, 0.2) is 18.2 Å². The summed E-state index contributed by atoms with van der Waals surface area (Å²) in [6, 6.07) is 5.09. The van der Waals surface area contributed by atoms with Crippen LogP contribution in [0.2, 0.25) is 0 Å². The predicted molar refractivity (Wildman–Crippen MR) is 59.6 cm³/mol. The van der Waals surface area contributed by atoms with Crippen molar-refractivity contribution < 1.29 is 9.13 Å². The molecule has 0 aliphatic heterocycles. The molecule has 0 aliphatic rings. The second-order valence-corrected chi connectivity index (χ2v) is 3.98. The van der Waals surface area contributed by atoms with Crippen molar-refractivity contribution in [3.05, 3.63) is 29.6 Å². The van der Waals surface area contributed by atoms with E-state index < -0.39 is 0 Å². The molecule has 0 aromatic heterocycles. The smallest absolute Gasteiger partial charge is 0.165 e. The number of methoxy groups -OCH3 is 1. The van der Waals surface area contributed by atoms with Gasteiger partial charge >= 0.3 is 0 Å². The highest BCUT2D eigenvalue weighted by molar-refractivity contribution is 5.37. The number of halogens is 1. The van der Waals surface area contributed by atoms with Gasteiger partial charge in [0.2, 0.25) is 0 Å². The summed E-state index contributed by atoms with van der Waals surface area (Å²) < 4.78 is 18.5. The standard InChI is InChI=1S/C12H18FNO/c1-8(7-9(2)14)10-5-4-6-11(13)12(10)15-3/h4-6,8-9H,7,14H2,1-3H3. The Morgan fingerprint density at radius 2 is 2.07 bits per heavy atom. The highest BCUT2D eigenvalue weighted by Gasteiger charge is 2.15. The van der Waals surface area contributed by atoms with Gasteiger partial charge in [-0.25, -0.2) is 4.39 Å². The van der Waals surface area contributed by atoms with Crippen molar-refractivity contribution in [2.75, 3.05) is 7.11 Å². The number of rotatable bonds is 4. The minimum Gasteiger partial charge on any atom is -0.493 e. The quantitative estimate of drug-likeness (QED) is 0.831. The first kappa shape index (κ1) is 12.0. The molecule has 0 amide bonds. The van der Waals surface area contributed by atoms with Crippen LogP contribution in [-0.2, 0) is 0 Å². The molecule has 2 N–H and O–H groups in total. The molecular weight excluding hydrogens is 193 g/mol. The number of para-hydroxylation sites is 1. The van der Waals surface area contributed by atoms with E-state index in [1.165, 1.54) is 13.2 Å². The molecule has 2 unspecified atom stereocenters. The third-order valence-corrected chi connectivity index (χ3v) is 2.46. The average Bonchev–Trinajstić information content (AvgIpc) is 2.16. The number of benzene rings is 1. The minimum absolute atomic E-state index is 0.105. The van der Waals surface area contributed by atoms with Crippen molar-refractivity contribution >= 4 is 0 Å². The van der Waals surface area contributed by atoms with Gasteiger partial charge in [-0.3, -0.25) is 0 Å². The molecule has 1 aromatic rings. The van der Waals surface area contributed by atoms with Crippen molar-refractivity contribution in [3.63, 3.8) is 0 Å². The monoisotopic (exact) mass is 211 g/mol. The summed E-state index contributed by atoms with van der Waals surface area (Å²) >= 11 is 0. The van der Waals surface area contributed by atoms with E-state index in [2.05, 4.69) is 0 Å². The Labute approximate surface area is 90.2 Å². The first-order valence-electron chi connectivity index (χ1n) is 5.14. The van der Waals surface area contributed by atoms with Gasteiger partial charge in [0.1, 0.15) is 0 Å². The predicted octanol–water partition coefficient (Wildman–Crippen LogP) is 2.68. The second-order valence-electron chi connectivity index (χ2n) is 3.98. The van der Waals surface area contributed by atoms with E-state index in [9.17, 15) is 4.39 Å². The maximum atomic E-state index is 13.4. The molecule has 0 fully saturated rings. The zero-order valence-electron chi connectivity index (χ0n) is 9.46. The normalized spacial score (nSPS) is 14.7. The van der Waals surface area contributed by atoms with Gasteiger partial charge in [-0.1, -0.05) is 19.1 Å². The maximum absolute atomic E-state index is 13.4. The first-order chi connectivity index (χ1) is 7.06. The highest BCUT2D eigenvalue weighted by Crippen LogP contribution is 2.31. The lowest BCUT2D eigenvalue weighted by molar-refractivity contribution is 0.376. The topological polar surface area (TPSA) is 35.2 Å². The largest absolute Gasteiger partial charge is 0.493 e. The Morgan fingerprint density at radius 3 is 2.60 bits per heavy atom. The van der Waals surface area contributed by atoms with Crippen molar-refractivity contribution in [3.8, 4) is 5.75 Å². The molecule has 3 heteroatoms. The van der Waals surface area contributed by atoms with Crippen LogP contribution in [0.5, 0.6) is 5.75 Å². The van der Waals surface area contributed by atoms with Crippen molar-refractivity contribution in [2.45, 2.75) is 32.2 Å². The van der Waals surface area contributed by atoms with Crippen molar-refractivity contribution in [1.82, 2.24) is 0 Å². The number of ether oxygens (including phenoxy) is 1. The molecular formula is C12H18FNO. The number of hydrogen-bond donors (Lipinski definition) is 1. The Kier molecular flexibility index (Phi) is 4.09. The number of hydrogen-bond acceptors (Lipinski definition) is 2. The molecule has 84 valence electrons. The highest BCUT2D eigenvalue weighted by atomic mass is 19.1. The Morgan fingerprint density at radius 1 is 1.40 bits per heavy atom. The van der Waals surface area contributed by atoms with Crippen molar-refractivity contribution in [2.24, 2.45) is 5.73 Å². The van der Waals surface area contributed by atoms with E-state index >= 15 is 0 Å². The fourth-order valence-electron chi connectivity index (χ4n) is 1.81. The molecule has 1 aromatic carbocycles. The fraction of sp³-hybridized carbons (Fsp3) is 0.500. The average molecular weight is 211 g/mol. The van der Waals surface area contributed by atoms with Crippen LogP contribution in [0, 0.1) is 5.82 Å². The Hall–Kier alpha value is -1.09. The summed E-state index contributed by atoms with van der Waals surface area (Å²) in [5.74, 6) is 0.229. The third-order valence-electron chi connectivity index (χ3n) is 2.46. The summed E-state index contributed by atoms with van der Waals surface area (Å²) in [4.78, 5) is 0. The van der Waals surface area contributed by atoms with Gasteiger partial charge in [0.25, 0.3) is 0 Å². The van der Waals surface area contributed by atoms with Crippen LogP contribution in [0.4, 0.5) is 4.39 Å². The Balaban J connectivity index is 2.97. The molecule has 15 heavy (non-hydrogen) atoms. The van der Waals surface area contributed by atoms with Crippen molar-refractivity contribution in [1.29, 1.82) is 0 Å². The van der Waals surface area contributed by atoms with E-state index in [0.717, 1.165) is 12.0 Å². The molecule has 1 rings (SSSR count). The van der Waals surface area contributed by atoms with Crippen LogP contribution in [0.3, 0.4) is 0 Å². The fourth-order valence-corrected chi connectivity index (χ4v) is 1.81. The molecule has 0 heterocycles. The van der Waals surface area contributed by atoms with E-state index in [0.29, 0.717) is 5.75 Å². The SMILES string of the molecule is COc1c(F)cccc1C(C)CC(C)N. The van der Waals surface area contributed by atoms with Crippen LogP contribution in [-0.4, -0.2) is 13.2 Å². The summed E-state index contributed by atoms with van der Waals surface area (Å²) in [5, 5.41) is 0. The van der Waals surface area contributed by atoms with Gasteiger partial charge in [-0.15, -0.1) is 0 Å². The molecule has 0 aliphatic carbocycles. The van der Waals surface area contributed by atoms with Gasteiger partial charge < -0.3 is 10.5 Å². The number of nitrogens with two attached hydrogens (primary N) is 1. The summed E-state index contributed by atoms with van der Waals surface area (Å²) in [7, 11) is 1.49. The first-order valence-corrected chi connectivity index (χ1v) is 5.14. The third kappa shape index (κ3) is 2.93. The summed E-state index contributed by atoms with van der Waals surface area (Å²) in [6.07, 6.45) is 0.819. The summed E-state index contributed by atoms with van der Waals surface area (Å²) in [5.41, 5.74) is 6.61. The van der Waals surface area contributed by atoms with E-state index in [1.807, 2.05) is 19.9 Å². The van der Waals surface area contributed by atoms with Gasteiger partial charge in [-0.05, 0) is 25.3 Å². The van der Waals surface area contributed by atoms with E-state index in [1.54, 1.807) is 6.07 Å². The lowest BCUT2D eigenvalue weighted by atomic mass is 9.94. The van der Waals surface area contributed by atoms with Crippen LogP contribution in [0.25, 0.3) is 0 Å². The molecule has 0 radical (unpaired) electrons. The van der Waals surface area contributed by atoms with Gasteiger partial charge in [0.15, 0.2) is 11.6 Å². The zero-order chi connectivity index (χ0) is 11.4. The Bertz CT molecular complexity index is 325. The molecule has 0 spiro atoms. The lowest BCUT2D eigenvalue weighted by Crippen LogP contribution is -2.17. The van der Waals surface area contributed by atoms with Gasteiger partial charge in [0.05, 0.1) is 7.11 Å². The maximum Gasteiger partial charge on any atom is 0.165 e. The minimum atomic E-state index is -0.313. The van der Waals surface area contributed by atoms with E-state index in [-0.39, 0.29) is 17.8 Å². The summed E-state index contributed by atoms with van der Waals surface area (Å²) in [6.45, 7) is 3.98. The molecule has 0 saturated heterocycles. The van der Waals surface area contributed by atoms with Gasteiger partial charge in [-0.2, -0.15) is 0 Å².